The van der Waals surface area contributed by atoms with Gasteiger partial charge in [-0.15, -0.1) is 10.2 Å². The number of nitrogens with one attached hydrogen (secondary N) is 2. The second-order valence-corrected chi connectivity index (χ2v) is 6.41. The standard InChI is InChI=1S/C16H18N4O3S/c1-2-13-19-20-16(24-13)18-14(21)10-6-3-4-7-11(10)17-15(22)12-8-5-9-23-12/h3-4,6-7,12H,2,5,8-9H2,1H3,(H,17,22)(H,18,20,21)/t12-/m0/s1. The van der Waals surface area contributed by atoms with Crippen molar-refractivity contribution in [3.63, 3.8) is 0 Å². The van der Waals surface area contributed by atoms with Crippen LogP contribution in [0.4, 0.5) is 10.8 Å². The average Bonchev–Trinajstić information content (AvgIpc) is 3.27. The molecule has 2 N–H and O–H groups in total. The summed E-state index contributed by atoms with van der Waals surface area (Å²) >= 11 is 1.33. The summed E-state index contributed by atoms with van der Waals surface area (Å²) in [5, 5.41) is 14.7. The third kappa shape index (κ3) is 3.77. The molecule has 126 valence electrons. The van der Waals surface area contributed by atoms with Gasteiger partial charge in [0.25, 0.3) is 11.8 Å². The van der Waals surface area contributed by atoms with Gasteiger partial charge in [-0.25, -0.2) is 0 Å². The second-order valence-electron chi connectivity index (χ2n) is 5.35. The number of aromatic nitrogens is 2. The van der Waals surface area contributed by atoms with Crippen molar-refractivity contribution < 1.29 is 14.3 Å². The van der Waals surface area contributed by atoms with Crippen LogP contribution >= 0.6 is 11.3 Å². The Morgan fingerprint density at radius 2 is 2.12 bits per heavy atom. The summed E-state index contributed by atoms with van der Waals surface area (Å²) in [7, 11) is 0. The monoisotopic (exact) mass is 346 g/mol. The quantitative estimate of drug-likeness (QED) is 0.867. The second kappa shape index (κ2) is 7.50. The van der Waals surface area contributed by atoms with E-state index in [0.29, 0.717) is 29.4 Å². The zero-order valence-electron chi connectivity index (χ0n) is 13.2. The Labute approximate surface area is 143 Å². The summed E-state index contributed by atoms with van der Waals surface area (Å²) in [6, 6.07) is 6.86. The van der Waals surface area contributed by atoms with Crippen LogP contribution in [0, 0.1) is 0 Å². The van der Waals surface area contributed by atoms with Crippen molar-refractivity contribution in [2.75, 3.05) is 17.2 Å². The number of carbonyl (C=O) groups excluding carboxylic acids is 2. The number of nitrogens with zero attached hydrogens (tertiary/aromatic N) is 2. The normalized spacial score (nSPS) is 16.8. The summed E-state index contributed by atoms with van der Waals surface area (Å²) in [6.07, 6.45) is 1.89. The molecule has 0 spiro atoms. The van der Waals surface area contributed by atoms with E-state index in [1.165, 1.54) is 11.3 Å². The van der Waals surface area contributed by atoms with Crippen LogP contribution < -0.4 is 10.6 Å². The molecule has 0 aliphatic carbocycles. The molecule has 8 heteroatoms. The van der Waals surface area contributed by atoms with Gasteiger partial charge in [-0.05, 0) is 31.4 Å². The van der Waals surface area contributed by atoms with Gasteiger partial charge in [-0.2, -0.15) is 0 Å². The molecule has 1 aromatic heterocycles. The molecule has 2 heterocycles. The first-order chi connectivity index (χ1) is 11.7. The SMILES string of the molecule is CCc1nnc(NC(=O)c2ccccc2NC(=O)[C@@H]2CCCO2)s1. The first kappa shape index (κ1) is 16.5. The van der Waals surface area contributed by atoms with Gasteiger partial charge < -0.3 is 10.1 Å². The molecule has 2 aromatic rings. The molecule has 2 amide bonds. The number of benzene rings is 1. The van der Waals surface area contributed by atoms with E-state index >= 15 is 0 Å². The largest absolute Gasteiger partial charge is 0.368 e. The van der Waals surface area contributed by atoms with Crippen molar-refractivity contribution in [1.82, 2.24) is 10.2 Å². The van der Waals surface area contributed by atoms with Gasteiger partial charge in [0.15, 0.2) is 0 Å². The highest BCUT2D eigenvalue weighted by Gasteiger charge is 2.25. The maximum atomic E-state index is 12.5. The topological polar surface area (TPSA) is 93.2 Å². The van der Waals surface area contributed by atoms with E-state index in [2.05, 4.69) is 20.8 Å². The van der Waals surface area contributed by atoms with Gasteiger partial charge in [0.1, 0.15) is 11.1 Å². The molecule has 0 saturated carbocycles. The van der Waals surface area contributed by atoms with Crippen molar-refractivity contribution in [2.45, 2.75) is 32.3 Å². The van der Waals surface area contributed by atoms with Crippen LogP contribution in [0.25, 0.3) is 0 Å². The van der Waals surface area contributed by atoms with Gasteiger partial charge in [0.2, 0.25) is 5.13 Å². The fraction of sp³-hybridized carbons (Fsp3) is 0.375. The highest BCUT2D eigenvalue weighted by Crippen LogP contribution is 2.21. The molecule has 0 unspecified atom stereocenters. The van der Waals surface area contributed by atoms with E-state index in [1.807, 2.05) is 6.92 Å². The summed E-state index contributed by atoms with van der Waals surface area (Å²) in [4.78, 5) is 24.7. The van der Waals surface area contributed by atoms with E-state index in [4.69, 9.17) is 4.74 Å². The highest BCUT2D eigenvalue weighted by molar-refractivity contribution is 7.15. The number of amides is 2. The van der Waals surface area contributed by atoms with Crippen molar-refractivity contribution in [3.8, 4) is 0 Å². The smallest absolute Gasteiger partial charge is 0.259 e. The van der Waals surface area contributed by atoms with Crippen LogP contribution in [0.2, 0.25) is 0 Å². The predicted molar refractivity (Wildman–Crippen MR) is 91.3 cm³/mol. The van der Waals surface area contributed by atoms with Crippen LogP contribution in [0.1, 0.15) is 35.1 Å². The van der Waals surface area contributed by atoms with Gasteiger partial charge in [0.05, 0.1) is 11.3 Å². The Morgan fingerprint density at radius 1 is 1.29 bits per heavy atom. The maximum Gasteiger partial charge on any atom is 0.259 e. The van der Waals surface area contributed by atoms with Crippen LogP contribution in [0.3, 0.4) is 0 Å². The Hall–Kier alpha value is -2.32. The van der Waals surface area contributed by atoms with E-state index in [-0.39, 0.29) is 11.8 Å². The molecule has 1 saturated heterocycles. The van der Waals surface area contributed by atoms with E-state index in [1.54, 1.807) is 24.3 Å². The van der Waals surface area contributed by atoms with Crippen molar-refractivity contribution in [1.29, 1.82) is 0 Å². The van der Waals surface area contributed by atoms with Gasteiger partial charge in [0, 0.05) is 6.61 Å². The number of para-hydroxylation sites is 1. The number of hydrogen-bond acceptors (Lipinski definition) is 6. The predicted octanol–water partition coefficient (Wildman–Crippen LogP) is 2.47. The zero-order chi connectivity index (χ0) is 16.9. The first-order valence-electron chi connectivity index (χ1n) is 7.82. The minimum Gasteiger partial charge on any atom is -0.368 e. The summed E-state index contributed by atoms with van der Waals surface area (Å²) in [6.45, 7) is 2.57. The lowest BCUT2D eigenvalue weighted by atomic mass is 10.1. The van der Waals surface area contributed by atoms with Crippen molar-refractivity contribution in [2.24, 2.45) is 0 Å². The number of aryl methyl sites for hydroxylation is 1. The summed E-state index contributed by atoms with van der Waals surface area (Å²) in [5.74, 6) is -0.561. The van der Waals surface area contributed by atoms with Crippen LogP contribution in [-0.2, 0) is 16.0 Å². The Bertz CT molecular complexity index is 740. The minimum atomic E-state index is -0.448. The lowest BCUT2D eigenvalue weighted by Crippen LogP contribution is -2.28. The van der Waals surface area contributed by atoms with E-state index in [0.717, 1.165) is 17.8 Å². The molecule has 1 aromatic carbocycles. The van der Waals surface area contributed by atoms with Gasteiger partial charge in [-0.3, -0.25) is 14.9 Å². The van der Waals surface area contributed by atoms with Crippen molar-refractivity contribution >= 4 is 34.0 Å². The fourth-order valence-electron chi connectivity index (χ4n) is 2.40. The van der Waals surface area contributed by atoms with Crippen LogP contribution in [0.15, 0.2) is 24.3 Å². The molecular weight excluding hydrogens is 328 g/mol. The number of rotatable bonds is 5. The summed E-state index contributed by atoms with van der Waals surface area (Å²) < 4.78 is 5.37. The molecule has 0 radical (unpaired) electrons. The highest BCUT2D eigenvalue weighted by atomic mass is 32.1. The molecule has 1 atom stereocenters. The van der Waals surface area contributed by atoms with Gasteiger partial charge >= 0.3 is 0 Å². The molecule has 7 nitrogen and oxygen atoms in total. The zero-order valence-corrected chi connectivity index (χ0v) is 14.1. The third-order valence-electron chi connectivity index (χ3n) is 3.64. The molecule has 0 bridgehead atoms. The molecule has 1 aliphatic heterocycles. The van der Waals surface area contributed by atoms with Crippen LogP contribution in [0.5, 0.6) is 0 Å². The minimum absolute atomic E-state index is 0.225. The maximum absolute atomic E-state index is 12.5. The number of ether oxygens (including phenoxy) is 1. The number of hydrogen-bond donors (Lipinski definition) is 2. The average molecular weight is 346 g/mol. The molecule has 1 fully saturated rings. The lowest BCUT2D eigenvalue weighted by molar-refractivity contribution is -0.124. The van der Waals surface area contributed by atoms with Crippen LogP contribution in [-0.4, -0.2) is 34.7 Å². The Kier molecular flexibility index (Phi) is 5.17. The van der Waals surface area contributed by atoms with E-state index in [9.17, 15) is 9.59 Å². The molecule has 1 aliphatic rings. The van der Waals surface area contributed by atoms with Crippen molar-refractivity contribution in [3.05, 3.63) is 34.8 Å². The molecule has 3 rings (SSSR count). The Balaban J connectivity index is 1.72. The summed E-state index contributed by atoms with van der Waals surface area (Å²) in [5.41, 5.74) is 0.827. The number of carbonyl (C=O) groups is 2. The van der Waals surface area contributed by atoms with E-state index < -0.39 is 6.10 Å². The van der Waals surface area contributed by atoms with Gasteiger partial charge in [-0.1, -0.05) is 30.4 Å². The first-order valence-corrected chi connectivity index (χ1v) is 8.64. The third-order valence-corrected chi connectivity index (χ3v) is 4.62. The molecular formula is C16H18N4O3S. The fourth-order valence-corrected chi connectivity index (χ4v) is 3.07. The number of anilines is 2. The molecule has 24 heavy (non-hydrogen) atoms. The lowest BCUT2D eigenvalue weighted by Gasteiger charge is -2.13. The Morgan fingerprint density at radius 3 is 2.83 bits per heavy atom.